The maximum absolute atomic E-state index is 10.6. The third-order valence-electron chi connectivity index (χ3n) is 2.31. The third-order valence-corrected chi connectivity index (χ3v) is 2.91. The summed E-state index contributed by atoms with van der Waals surface area (Å²) in [5.74, 6) is 0. The number of halogens is 2. The number of nitro groups is 1. The lowest BCUT2D eigenvalue weighted by Gasteiger charge is -2.09. The second-order valence-electron chi connectivity index (χ2n) is 3.61. The highest BCUT2D eigenvalue weighted by Crippen LogP contribution is 2.34. The average molecular weight is 299 g/mol. The van der Waals surface area contributed by atoms with Crippen LogP contribution in [0.1, 0.15) is 5.69 Å². The molecule has 19 heavy (non-hydrogen) atoms. The average Bonchev–Trinajstić information content (AvgIpc) is 2.38. The molecule has 1 aromatic carbocycles. The van der Waals surface area contributed by atoms with Crippen molar-refractivity contribution in [1.82, 2.24) is 10.2 Å². The molecule has 1 aromatic heterocycles. The van der Waals surface area contributed by atoms with E-state index in [2.05, 4.69) is 15.5 Å². The van der Waals surface area contributed by atoms with Crippen LogP contribution in [0.3, 0.4) is 0 Å². The number of nitrogens with one attached hydrogen (secondary N) is 1. The van der Waals surface area contributed by atoms with E-state index in [9.17, 15) is 10.1 Å². The zero-order chi connectivity index (χ0) is 13.8. The fourth-order valence-corrected chi connectivity index (χ4v) is 2.05. The number of nitro benzene ring substituents is 1. The molecule has 0 aliphatic heterocycles. The zero-order valence-corrected chi connectivity index (χ0v) is 11.0. The highest BCUT2D eigenvalue weighted by Gasteiger charge is 2.14. The summed E-state index contributed by atoms with van der Waals surface area (Å²) in [4.78, 5) is 10.1. The first-order valence-electron chi connectivity index (χ1n) is 5.22. The summed E-state index contributed by atoms with van der Waals surface area (Å²) >= 11 is 11.9. The molecule has 8 heteroatoms. The van der Waals surface area contributed by atoms with Gasteiger partial charge in [-0.2, -0.15) is 10.2 Å². The summed E-state index contributed by atoms with van der Waals surface area (Å²) in [6, 6.07) is 6.02. The molecule has 6 nitrogen and oxygen atoms in total. The Morgan fingerprint density at radius 3 is 2.53 bits per heavy atom. The molecule has 0 saturated heterocycles. The first kappa shape index (κ1) is 13.5. The first-order chi connectivity index (χ1) is 9.08. The molecule has 0 aliphatic carbocycles. The Morgan fingerprint density at radius 1 is 1.32 bits per heavy atom. The van der Waals surface area contributed by atoms with Crippen molar-refractivity contribution < 1.29 is 4.92 Å². The van der Waals surface area contributed by atoms with Crippen LogP contribution in [0.5, 0.6) is 0 Å². The van der Waals surface area contributed by atoms with Crippen molar-refractivity contribution in [3.63, 3.8) is 0 Å². The second kappa shape index (κ2) is 5.81. The van der Waals surface area contributed by atoms with E-state index < -0.39 is 4.92 Å². The van der Waals surface area contributed by atoms with Crippen molar-refractivity contribution in [3.8, 4) is 0 Å². The van der Waals surface area contributed by atoms with Crippen LogP contribution in [0.25, 0.3) is 0 Å². The van der Waals surface area contributed by atoms with Crippen molar-refractivity contribution in [3.05, 3.63) is 56.3 Å². The van der Waals surface area contributed by atoms with Gasteiger partial charge in [0, 0.05) is 18.3 Å². The molecule has 1 heterocycles. The molecule has 0 spiro atoms. The Labute approximate surface area is 118 Å². The molecular weight excluding hydrogens is 291 g/mol. The maximum atomic E-state index is 10.6. The largest absolute Gasteiger partial charge is 0.377 e. The number of hydrogen-bond acceptors (Lipinski definition) is 5. The standard InChI is InChI=1S/C11H8Cl2N4O2/c12-9-4-8(17(18)19)5-10(13)11(9)14-6-7-2-1-3-15-16-7/h1-5,14H,6H2. The van der Waals surface area contributed by atoms with E-state index in [0.717, 1.165) is 0 Å². The second-order valence-corrected chi connectivity index (χ2v) is 4.42. The Balaban J connectivity index is 2.19. The number of non-ortho nitro benzene ring substituents is 1. The molecule has 0 fully saturated rings. The number of nitrogens with zero attached hydrogens (tertiary/aromatic N) is 3. The molecule has 0 saturated carbocycles. The van der Waals surface area contributed by atoms with Gasteiger partial charge < -0.3 is 5.32 Å². The lowest BCUT2D eigenvalue weighted by molar-refractivity contribution is -0.384. The van der Waals surface area contributed by atoms with Crippen LogP contribution in [-0.4, -0.2) is 15.1 Å². The van der Waals surface area contributed by atoms with E-state index >= 15 is 0 Å². The van der Waals surface area contributed by atoms with E-state index in [1.807, 2.05) is 0 Å². The van der Waals surface area contributed by atoms with Crippen LogP contribution in [0.15, 0.2) is 30.5 Å². The number of rotatable bonds is 4. The van der Waals surface area contributed by atoms with Gasteiger partial charge in [0.1, 0.15) is 0 Å². The van der Waals surface area contributed by atoms with Gasteiger partial charge in [0.05, 0.1) is 32.9 Å². The molecule has 98 valence electrons. The molecule has 0 atom stereocenters. The van der Waals surface area contributed by atoms with Crippen molar-refractivity contribution in [2.75, 3.05) is 5.32 Å². The van der Waals surface area contributed by atoms with Crippen LogP contribution >= 0.6 is 23.2 Å². The highest BCUT2D eigenvalue weighted by atomic mass is 35.5. The van der Waals surface area contributed by atoms with Gasteiger partial charge in [-0.15, -0.1) is 0 Å². The maximum Gasteiger partial charge on any atom is 0.272 e. The minimum Gasteiger partial charge on any atom is -0.377 e. The minimum atomic E-state index is -0.551. The number of aromatic nitrogens is 2. The molecular formula is C11H8Cl2N4O2. The van der Waals surface area contributed by atoms with Crippen molar-refractivity contribution >= 4 is 34.6 Å². The summed E-state index contributed by atoms with van der Waals surface area (Å²) < 4.78 is 0. The first-order valence-corrected chi connectivity index (χ1v) is 5.97. The molecule has 1 N–H and O–H groups in total. The number of anilines is 1. The van der Waals surface area contributed by atoms with E-state index in [1.165, 1.54) is 12.1 Å². The summed E-state index contributed by atoms with van der Waals surface area (Å²) in [6.07, 6.45) is 1.56. The Hall–Kier alpha value is -1.92. The van der Waals surface area contributed by atoms with Gasteiger partial charge in [0.2, 0.25) is 0 Å². The minimum absolute atomic E-state index is 0.153. The fourth-order valence-electron chi connectivity index (χ4n) is 1.44. The summed E-state index contributed by atoms with van der Waals surface area (Å²) in [5, 5.41) is 21.6. The smallest absolute Gasteiger partial charge is 0.272 e. The lowest BCUT2D eigenvalue weighted by atomic mass is 10.2. The summed E-state index contributed by atoms with van der Waals surface area (Å²) in [6.45, 7) is 0.366. The molecule has 2 rings (SSSR count). The SMILES string of the molecule is O=[N+]([O-])c1cc(Cl)c(NCc2cccnn2)c(Cl)c1. The summed E-state index contributed by atoms with van der Waals surface area (Å²) in [5.41, 5.74) is 0.979. The van der Waals surface area contributed by atoms with Crippen molar-refractivity contribution in [2.24, 2.45) is 0 Å². The van der Waals surface area contributed by atoms with Gasteiger partial charge in [0.25, 0.3) is 5.69 Å². The van der Waals surface area contributed by atoms with Gasteiger partial charge in [-0.3, -0.25) is 10.1 Å². The molecule has 0 aliphatic rings. The Bertz CT molecular complexity index is 584. The highest BCUT2D eigenvalue weighted by molar-refractivity contribution is 6.39. The monoisotopic (exact) mass is 298 g/mol. The van der Waals surface area contributed by atoms with Gasteiger partial charge >= 0.3 is 0 Å². The van der Waals surface area contributed by atoms with E-state index in [0.29, 0.717) is 17.9 Å². The molecule has 0 radical (unpaired) electrons. The van der Waals surface area contributed by atoms with Gasteiger partial charge in [-0.1, -0.05) is 23.2 Å². The van der Waals surface area contributed by atoms with Crippen LogP contribution in [-0.2, 0) is 6.54 Å². The van der Waals surface area contributed by atoms with Crippen LogP contribution in [0.4, 0.5) is 11.4 Å². The Morgan fingerprint density at radius 2 is 2.00 bits per heavy atom. The topological polar surface area (TPSA) is 81.0 Å². The van der Waals surface area contributed by atoms with Crippen LogP contribution < -0.4 is 5.32 Å². The quantitative estimate of drug-likeness (QED) is 0.692. The molecule has 0 unspecified atom stereocenters. The molecule has 0 amide bonds. The number of hydrogen-bond donors (Lipinski definition) is 1. The van der Waals surface area contributed by atoms with Gasteiger partial charge in [0.15, 0.2) is 0 Å². The lowest BCUT2D eigenvalue weighted by Crippen LogP contribution is -2.03. The predicted octanol–water partition coefficient (Wildman–Crippen LogP) is 3.30. The summed E-state index contributed by atoms with van der Waals surface area (Å²) in [7, 11) is 0. The van der Waals surface area contributed by atoms with Gasteiger partial charge in [-0.05, 0) is 12.1 Å². The predicted molar refractivity (Wildman–Crippen MR) is 72.5 cm³/mol. The fraction of sp³-hybridized carbons (Fsp3) is 0.0909. The number of benzene rings is 1. The molecule has 0 bridgehead atoms. The van der Waals surface area contributed by atoms with Crippen molar-refractivity contribution in [2.45, 2.75) is 6.54 Å². The van der Waals surface area contributed by atoms with Crippen molar-refractivity contribution in [1.29, 1.82) is 0 Å². The van der Waals surface area contributed by atoms with Crippen LogP contribution in [0.2, 0.25) is 10.0 Å². The Kier molecular flexibility index (Phi) is 4.13. The molecule has 2 aromatic rings. The zero-order valence-electron chi connectivity index (χ0n) is 9.51. The van der Waals surface area contributed by atoms with E-state index in [4.69, 9.17) is 23.2 Å². The third kappa shape index (κ3) is 3.30. The normalized spacial score (nSPS) is 10.2. The van der Waals surface area contributed by atoms with E-state index in [-0.39, 0.29) is 15.7 Å². The van der Waals surface area contributed by atoms with Gasteiger partial charge in [-0.25, -0.2) is 0 Å². The van der Waals surface area contributed by atoms with Crippen LogP contribution in [0, 0.1) is 10.1 Å². The van der Waals surface area contributed by atoms with E-state index in [1.54, 1.807) is 18.3 Å².